The maximum Gasteiger partial charge on any atom is 0.0617 e. The monoisotopic (exact) mass is 217 g/mol. The summed E-state index contributed by atoms with van der Waals surface area (Å²) in [5, 5.41) is 3.71. The van der Waals surface area contributed by atoms with Gasteiger partial charge in [-0.2, -0.15) is 0 Å². The second kappa shape index (κ2) is 4.13. The highest BCUT2D eigenvalue weighted by Gasteiger charge is 2.37. The van der Waals surface area contributed by atoms with E-state index in [-0.39, 0.29) is 0 Å². The Morgan fingerprint density at radius 2 is 2.06 bits per heavy atom. The first-order chi connectivity index (χ1) is 7.88. The highest BCUT2D eigenvalue weighted by molar-refractivity contribution is 5.08. The molecular formula is C13H19N3. The van der Waals surface area contributed by atoms with Crippen LogP contribution in [0.15, 0.2) is 18.6 Å². The number of nitrogens with zero attached hydrogens (tertiary/aromatic N) is 2. The Bertz CT molecular complexity index is 333. The average Bonchev–Trinajstić information content (AvgIpc) is 2.80. The van der Waals surface area contributed by atoms with E-state index in [1.807, 2.05) is 12.4 Å². The Labute approximate surface area is 96.7 Å². The predicted octanol–water partition coefficient (Wildman–Crippen LogP) is 2.26. The van der Waals surface area contributed by atoms with Crippen LogP contribution >= 0.6 is 0 Å². The van der Waals surface area contributed by atoms with E-state index in [1.165, 1.54) is 50.8 Å². The van der Waals surface area contributed by atoms with Crippen molar-refractivity contribution in [2.24, 2.45) is 0 Å². The summed E-state index contributed by atoms with van der Waals surface area (Å²) in [5.41, 5.74) is 1.67. The van der Waals surface area contributed by atoms with Gasteiger partial charge in [0, 0.05) is 30.0 Å². The molecule has 16 heavy (non-hydrogen) atoms. The van der Waals surface area contributed by atoms with Gasteiger partial charge in [0.2, 0.25) is 0 Å². The Morgan fingerprint density at radius 3 is 2.69 bits per heavy atom. The van der Waals surface area contributed by atoms with Crippen molar-refractivity contribution in [3.05, 3.63) is 24.3 Å². The van der Waals surface area contributed by atoms with Crippen LogP contribution in [0.1, 0.15) is 50.1 Å². The van der Waals surface area contributed by atoms with E-state index in [1.54, 1.807) is 6.20 Å². The van der Waals surface area contributed by atoms with Gasteiger partial charge in [0.25, 0.3) is 0 Å². The number of hydrogen-bond donors (Lipinski definition) is 1. The van der Waals surface area contributed by atoms with E-state index >= 15 is 0 Å². The first kappa shape index (κ1) is 10.2. The molecule has 0 aromatic carbocycles. The molecule has 1 N–H and O–H groups in total. The summed E-state index contributed by atoms with van der Waals surface area (Å²) >= 11 is 0. The Balaban J connectivity index is 1.66. The predicted molar refractivity (Wildman–Crippen MR) is 63.2 cm³/mol. The molecule has 1 saturated heterocycles. The maximum atomic E-state index is 4.43. The molecule has 3 rings (SSSR count). The molecule has 0 unspecified atom stereocenters. The largest absolute Gasteiger partial charge is 0.311 e. The van der Waals surface area contributed by atoms with E-state index in [0.717, 1.165) is 0 Å². The quantitative estimate of drug-likeness (QED) is 0.784. The van der Waals surface area contributed by atoms with Gasteiger partial charge in [0.15, 0.2) is 0 Å². The van der Waals surface area contributed by atoms with Crippen molar-refractivity contribution in [2.75, 3.05) is 6.54 Å². The fourth-order valence-corrected chi connectivity index (χ4v) is 3.28. The summed E-state index contributed by atoms with van der Waals surface area (Å²) in [6.45, 7) is 1.22. The molecule has 0 bridgehead atoms. The van der Waals surface area contributed by atoms with Gasteiger partial charge in [-0.1, -0.05) is 0 Å². The Hall–Kier alpha value is -0.960. The van der Waals surface area contributed by atoms with Crippen LogP contribution in [0, 0.1) is 0 Å². The molecule has 0 atom stereocenters. The van der Waals surface area contributed by atoms with Crippen molar-refractivity contribution in [2.45, 2.75) is 50.0 Å². The van der Waals surface area contributed by atoms with Gasteiger partial charge >= 0.3 is 0 Å². The van der Waals surface area contributed by atoms with Crippen LogP contribution in [0.3, 0.4) is 0 Å². The Kier molecular flexibility index (Phi) is 2.64. The molecule has 3 nitrogen and oxygen atoms in total. The first-order valence-corrected chi connectivity index (χ1v) is 6.39. The maximum absolute atomic E-state index is 4.43. The molecular weight excluding hydrogens is 198 g/mol. The molecule has 2 aliphatic rings. The van der Waals surface area contributed by atoms with Gasteiger partial charge < -0.3 is 5.32 Å². The zero-order valence-electron chi connectivity index (χ0n) is 9.65. The third-order valence-electron chi connectivity index (χ3n) is 4.28. The third kappa shape index (κ3) is 1.84. The lowest BCUT2D eigenvalue weighted by Crippen LogP contribution is -2.42. The molecule has 1 aromatic rings. The molecule has 1 aromatic heterocycles. The smallest absolute Gasteiger partial charge is 0.0617 e. The van der Waals surface area contributed by atoms with Crippen molar-refractivity contribution in [3.8, 4) is 0 Å². The SMILES string of the molecule is c1cnc(C2CCC3(CCCN3)CC2)cn1. The molecule has 1 spiro atoms. The zero-order chi connectivity index (χ0) is 10.8. The molecule has 1 aliphatic carbocycles. The van der Waals surface area contributed by atoms with Crippen molar-refractivity contribution in [1.82, 2.24) is 15.3 Å². The van der Waals surface area contributed by atoms with E-state index in [9.17, 15) is 0 Å². The van der Waals surface area contributed by atoms with Gasteiger partial charge in [-0.15, -0.1) is 0 Å². The molecule has 2 heterocycles. The summed E-state index contributed by atoms with van der Waals surface area (Å²) in [6.07, 6.45) is 13.4. The summed E-state index contributed by atoms with van der Waals surface area (Å²) in [4.78, 5) is 8.61. The summed E-state index contributed by atoms with van der Waals surface area (Å²) < 4.78 is 0. The van der Waals surface area contributed by atoms with Crippen LogP contribution in [-0.2, 0) is 0 Å². The van der Waals surface area contributed by atoms with Crippen LogP contribution in [0.5, 0.6) is 0 Å². The number of nitrogens with one attached hydrogen (secondary N) is 1. The normalized spacial score (nSPS) is 34.4. The van der Waals surface area contributed by atoms with E-state index in [2.05, 4.69) is 15.3 Å². The zero-order valence-corrected chi connectivity index (χ0v) is 9.65. The van der Waals surface area contributed by atoms with Crippen LogP contribution in [0.25, 0.3) is 0 Å². The topological polar surface area (TPSA) is 37.8 Å². The minimum Gasteiger partial charge on any atom is -0.311 e. The molecule has 3 heteroatoms. The summed E-state index contributed by atoms with van der Waals surface area (Å²) in [6, 6.07) is 0. The van der Waals surface area contributed by atoms with Gasteiger partial charge in [-0.3, -0.25) is 9.97 Å². The highest BCUT2D eigenvalue weighted by atomic mass is 15.0. The van der Waals surface area contributed by atoms with Gasteiger partial charge in [-0.05, 0) is 45.1 Å². The van der Waals surface area contributed by atoms with Crippen molar-refractivity contribution < 1.29 is 0 Å². The first-order valence-electron chi connectivity index (χ1n) is 6.39. The average molecular weight is 217 g/mol. The van der Waals surface area contributed by atoms with Crippen LogP contribution < -0.4 is 5.32 Å². The van der Waals surface area contributed by atoms with E-state index in [0.29, 0.717) is 11.5 Å². The lowest BCUT2D eigenvalue weighted by Gasteiger charge is -2.37. The molecule has 1 aliphatic heterocycles. The summed E-state index contributed by atoms with van der Waals surface area (Å²) in [7, 11) is 0. The second-order valence-corrected chi connectivity index (χ2v) is 5.22. The summed E-state index contributed by atoms with van der Waals surface area (Å²) in [5.74, 6) is 0.640. The van der Waals surface area contributed by atoms with Crippen LogP contribution in [-0.4, -0.2) is 22.1 Å². The van der Waals surface area contributed by atoms with Crippen molar-refractivity contribution in [1.29, 1.82) is 0 Å². The van der Waals surface area contributed by atoms with Crippen molar-refractivity contribution in [3.63, 3.8) is 0 Å². The minimum absolute atomic E-state index is 0.485. The van der Waals surface area contributed by atoms with Gasteiger partial charge in [0.05, 0.1) is 5.69 Å². The van der Waals surface area contributed by atoms with E-state index < -0.39 is 0 Å². The molecule has 0 radical (unpaired) electrons. The van der Waals surface area contributed by atoms with Gasteiger partial charge in [-0.25, -0.2) is 0 Å². The third-order valence-corrected chi connectivity index (χ3v) is 4.28. The Morgan fingerprint density at radius 1 is 1.19 bits per heavy atom. The highest BCUT2D eigenvalue weighted by Crippen LogP contribution is 2.40. The van der Waals surface area contributed by atoms with Crippen LogP contribution in [0.4, 0.5) is 0 Å². The van der Waals surface area contributed by atoms with Gasteiger partial charge in [0.1, 0.15) is 0 Å². The number of rotatable bonds is 1. The fourth-order valence-electron chi connectivity index (χ4n) is 3.28. The fraction of sp³-hybridized carbons (Fsp3) is 0.692. The standard InChI is InChI=1S/C13H19N3/c1-4-13(16-7-1)5-2-11(3-6-13)12-10-14-8-9-15-12/h8-11,16H,1-7H2. The second-order valence-electron chi connectivity index (χ2n) is 5.22. The van der Waals surface area contributed by atoms with Crippen LogP contribution in [0.2, 0.25) is 0 Å². The lowest BCUT2D eigenvalue weighted by molar-refractivity contribution is 0.242. The van der Waals surface area contributed by atoms with Crippen molar-refractivity contribution >= 4 is 0 Å². The number of hydrogen-bond acceptors (Lipinski definition) is 3. The van der Waals surface area contributed by atoms with E-state index in [4.69, 9.17) is 0 Å². The molecule has 86 valence electrons. The number of aromatic nitrogens is 2. The minimum atomic E-state index is 0.485. The molecule has 2 fully saturated rings. The molecule has 0 amide bonds. The molecule has 1 saturated carbocycles. The lowest BCUT2D eigenvalue weighted by atomic mass is 9.75.